The summed E-state index contributed by atoms with van der Waals surface area (Å²) in [5.41, 5.74) is 5.84. The van der Waals surface area contributed by atoms with Gasteiger partial charge in [-0.2, -0.15) is 0 Å². The Hall–Kier alpha value is -1.84. The molecule has 0 saturated carbocycles. The quantitative estimate of drug-likeness (QED) is 0.717. The summed E-state index contributed by atoms with van der Waals surface area (Å²) in [5.74, 6) is 0.259. The molecule has 1 aromatic heterocycles. The molecule has 1 heterocycles. The zero-order valence-corrected chi connectivity index (χ0v) is 10.4. The summed E-state index contributed by atoms with van der Waals surface area (Å²) in [7, 11) is 1.57. The largest absolute Gasteiger partial charge is 0.384 e. The fourth-order valence-corrected chi connectivity index (χ4v) is 0.684. The van der Waals surface area contributed by atoms with Crippen molar-refractivity contribution in [2.75, 3.05) is 12.8 Å². The van der Waals surface area contributed by atoms with E-state index in [4.69, 9.17) is 5.73 Å². The van der Waals surface area contributed by atoms with Crippen molar-refractivity contribution in [2.45, 2.75) is 20.8 Å². The fourth-order valence-electron chi connectivity index (χ4n) is 0.684. The molecule has 0 bridgehead atoms. The van der Waals surface area contributed by atoms with Crippen molar-refractivity contribution >= 4 is 11.7 Å². The number of rotatable bonds is 1. The van der Waals surface area contributed by atoms with E-state index < -0.39 is 0 Å². The lowest BCUT2D eigenvalue weighted by Gasteiger charge is -1.97. The lowest BCUT2D eigenvalue weighted by molar-refractivity contribution is 0.0963. The molecular formula is C12H21N3O. The number of pyridine rings is 1. The predicted octanol–water partition coefficient (Wildman–Crippen LogP) is 2.24. The summed E-state index contributed by atoms with van der Waals surface area (Å²) >= 11 is 0. The third kappa shape index (κ3) is 7.55. The number of nitrogen functional groups attached to an aromatic ring is 1. The van der Waals surface area contributed by atoms with Crippen molar-refractivity contribution in [1.29, 1.82) is 0 Å². The number of hydrogen-bond donors (Lipinski definition) is 2. The highest BCUT2D eigenvalue weighted by molar-refractivity contribution is 5.93. The van der Waals surface area contributed by atoms with Crippen LogP contribution in [0.5, 0.6) is 0 Å². The molecule has 0 aliphatic heterocycles. The van der Waals surface area contributed by atoms with Crippen molar-refractivity contribution in [2.24, 2.45) is 0 Å². The number of nitrogens with zero attached hydrogens (tertiary/aromatic N) is 1. The molecule has 1 amide bonds. The smallest absolute Gasteiger partial charge is 0.252 e. The van der Waals surface area contributed by atoms with E-state index in [2.05, 4.69) is 16.9 Å². The van der Waals surface area contributed by atoms with E-state index in [-0.39, 0.29) is 5.91 Å². The zero-order valence-electron chi connectivity index (χ0n) is 10.4. The van der Waals surface area contributed by atoms with Gasteiger partial charge in [-0.3, -0.25) is 4.79 Å². The van der Waals surface area contributed by atoms with Crippen LogP contribution >= 0.6 is 0 Å². The van der Waals surface area contributed by atoms with Crippen molar-refractivity contribution in [1.82, 2.24) is 10.3 Å². The van der Waals surface area contributed by atoms with Crippen LogP contribution in [0.2, 0.25) is 0 Å². The lowest BCUT2D eigenvalue weighted by atomic mass is 10.3. The Morgan fingerprint density at radius 1 is 1.50 bits per heavy atom. The Balaban J connectivity index is 0. The maximum atomic E-state index is 10.9. The normalized spacial score (nSPS) is 7.50. The second-order valence-corrected chi connectivity index (χ2v) is 2.46. The van der Waals surface area contributed by atoms with Crippen LogP contribution in [0.15, 0.2) is 31.0 Å². The number of nitrogens with one attached hydrogen (secondary N) is 1. The highest BCUT2D eigenvalue weighted by atomic mass is 16.1. The molecule has 3 N–H and O–H groups in total. The van der Waals surface area contributed by atoms with Gasteiger partial charge in [-0.05, 0) is 19.1 Å². The number of nitrogens with two attached hydrogens (primary N) is 1. The molecule has 4 nitrogen and oxygen atoms in total. The van der Waals surface area contributed by atoms with Gasteiger partial charge in [0, 0.05) is 13.2 Å². The predicted molar refractivity (Wildman–Crippen MR) is 69.3 cm³/mol. The van der Waals surface area contributed by atoms with Crippen LogP contribution in [0, 0.1) is 0 Å². The van der Waals surface area contributed by atoms with Gasteiger partial charge in [-0.15, -0.1) is 6.58 Å². The molecule has 0 radical (unpaired) electrons. The average molecular weight is 223 g/mol. The van der Waals surface area contributed by atoms with Crippen molar-refractivity contribution in [3.8, 4) is 0 Å². The van der Waals surface area contributed by atoms with Crippen molar-refractivity contribution < 1.29 is 4.79 Å². The Kier molecular flexibility index (Phi) is 11.6. The standard InChI is InChI=1S/C7H9N3O.C3H6.C2H6/c1-9-7(11)5-2-3-6(8)10-4-5;1-3-2;1-2/h2-4H,1H3,(H2,8,10)(H,9,11);3H,1H2,2H3;1-2H3. The molecule has 4 heteroatoms. The third-order valence-electron chi connectivity index (χ3n) is 1.28. The summed E-state index contributed by atoms with van der Waals surface area (Å²) in [6.07, 6.45) is 3.19. The lowest BCUT2D eigenvalue weighted by Crippen LogP contribution is -2.17. The Morgan fingerprint density at radius 2 is 2.00 bits per heavy atom. The Bertz CT molecular complexity index is 294. The molecule has 0 aromatic carbocycles. The maximum absolute atomic E-state index is 10.9. The van der Waals surface area contributed by atoms with E-state index in [1.54, 1.807) is 25.3 Å². The van der Waals surface area contributed by atoms with Gasteiger partial charge in [0.15, 0.2) is 0 Å². The van der Waals surface area contributed by atoms with Crippen molar-refractivity contribution in [3.63, 3.8) is 0 Å². The first kappa shape index (κ1) is 16.6. The minimum absolute atomic E-state index is 0.155. The topological polar surface area (TPSA) is 68.0 Å². The van der Waals surface area contributed by atoms with E-state index in [0.29, 0.717) is 11.4 Å². The SMILES string of the molecule is C=CC.CC.CNC(=O)c1ccc(N)nc1. The number of carbonyl (C=O) groups excluding carboxylic acids is 1. The molecule has 16 heavy (non-hydrogen) atoms. The van der Waals surface area contributed by atoms with Gasteiger partial charge in [-0.25, -0.2) is 4.98 Å². The van der Waals surface area contributed by atoms with Crippen LogP contribution in [0.4, 0.5) is 5.82 Å². The number of aromatic nitrogens is 1. The Morgan fingerprint density at radius 3 is 2.31 bits per heavy atom. The number of anilines is 1. The summed E-state index contributed by atoms with van der Waals surface area (Å²) < 4.78 is 0. The zero-order chi connectivity index (χ0) is 13.0. The fraction of sp³-hybridized carbons (Fsp3) is 0.333. The first-order valence-corrected chi connectivity index (χ1v) is 5.16. The molecule has 1 rings (SSSR count). The summed E-state index contributed by atoms with van der Waals surface area (Å²) in [6.45, 7) is 9.25. The number of carbonyl (C=O) groups is 1. The van der Waals surface area contributed by atoms with Crippen LogP contribution in [0.3, 0.4) is 0 Å². The van der Waals surface area contributed by atoms with Gasteiger partial charge in [0.25, 0.3) is 5.91 Å². The van der Waals surface area contributed by atoms with E-state index in [1.807, 2.05) is 20.8 Å². The minimum Gasteiger partial charge on any atom is -0.384 e. The first-order valence-electron chi connectivity index (χ1n) is 5.16. The highest BCUT2D eigenvalue weighted by Crippen LogP contribution is 1.99. The molecular weight excluding hydrogens is 202 g/mol. The minimum atomic E-state index is -0.155. The molecule has 0 aliphatic rings. The van der Waals surface area contributed by atoms with Crippen LogP contribution in [0.25, 0.3) is 0 Å². The molecule has 0 atom stereocenters. The number of hydrogen-bond acceptors (Lipinski definition) is 3. The van der Waals surface area contributed by atoms with Crippen LogP contribution in [-0.4, -0.2) is 17.9 Å². The maximum Gasteiger partial charge on any atom is 0.252 e. The third-order valence-corrected chi connectivity index (χ3v) is 1.28. The average Bonchev–Trinajstić information content (AvgIpc) is 2.33. The summed E-state index contributed by atoms with van der Waals surface area (Å²) in [4.78, 5) is 14.7. The van der Waals surface area contributed by atoms with Crippen LogP contribution in [0.1, 0.15) is 31.1 Å². The van der Waals surface area contributed by atoms with Gasteiger partial charge in [0.2, 0.25) is 0 Å². The number of amides is 1. The van der Waals surface area contributed by atoms with E-state index in [9.17, 15) is 4.79 Å². The molecule has 1 aromatic rings. The molecule has 90 valence electrons. The summed E-state index contributed by atoms with van der Waals surface area (Å²) in [5, 5.41) is 2.48. The van der Waals surface area contributed by atoms with E-state index >= 15 is 0 Å². The molecule has 0 spiro atoms. The van der Waals surface area contributed by atoms with Crippen LogP contribution < -0.4 is 11.1 Å². The second kappa shape index (κ2) is 11.2. The molecule has 0 unspecified atom stereocenters. The van der Waals surface area contributed by atoms with Gasteiger partial charge in [0.1, 0.15) is 5.82 Å². The molecule has 0 saturated heterocycles. The van der Waals surface area contributed by atoms with Gasteiger partial charge < -0.3 is 11.1 Å². The molecule has 0 aliphatic carbocycles. The van der Waals surface area contributed by atoms with Gasteiger partial charge >= 0.3 is 0 Å². The monoisotopic (exact) mass is 223 g/mol. The van der Waals surface area contributed by atoms with Crippen LogP contribution in [-0.2, 0) is 0 Å². The van der Waals surface area contributed by atoms with Gasteiger partial charge in [-0.1, -0.05) is 19.9 Å². The number of allylic oxidation sites excluding steroid dienone is 1. The van der Waals surface area contributed by atoms with E-state index in [0.717, 1.165) is 0 Å². The van der Waals surface area contributed by atoms with Crippen molar-refractivity contribution in [3.05, 3.63) is 36.5 Å². The Labute approximate surface area is 97.6 Å². The second-order valence-electron chi connectivity index (χ2n) is 2.46. The molecule has 0 fully saturated rings. The van der Waals surface area contributed by atoms with E-state index in [1.165, 1.54) is 6.20 Å². The summed E-state index contributed by atoms with van der Waals surface area (Å²) in [6, 6.07) is 3.21. The highest BCUT2D eigenvalue weighted by Gasteiger charge is 2.00. The first-order chi connectivity index (χ1) is 7.65. The van der Waals surface area contributed by atoms with Gasteiger partial charge in [0.05, 0.1) is 5.56 Å².